The van der Waals surface area contributed by atoms with Crippen molar-refractivity contribution in [3.8, 4) is 22.6 Å². The summed E-state index contributed by atoms with van der Waals surface area (Å²) in [5.41, 5.74) is 1.37. The topological polar surface area (TPSA) is 29.5 Å². The lowest BCUT2D eigenvalue weighted by molar-refractivity contribution is 0.340. The molecule has 0 saturated heterocycles. The normalized spacial score (nSPS) is 10.4. The van der Waals surface area contributed by atoms with Gasteiger partial charge in [-0.2, -0.15) is 0 Å². The molecule has 0 bridgehead atoms. The lowest BCUT2D eigenvalue weighted by atomic mass is 10.1. The summed E-state index contributed by atoms with van der Waals surface area (Å²) in [5, 5.41) is 9.84. The van der Waals surface area contributed by atoms with E-state index < -0.39 is 11.6 Å². The molecule has 0 atom stereocenters. The van der Waals surface area contributed by atoms with Crippen molar-refractivity contribution >= 4 is 11.6 Å². The molecule has 0 aliphatic rings. The van der Waals surface area contributed by atoms with Crippen molar-refractivity contribution in [2.24, 2.45) is 0 Å². The standard InChI is InChI=1S/C14H12ClFO2/c1-2-18-10-4-5-11(12(15)8-10)9-3-6-13(16)14(17)7-9/h3-8,17H,2H2,1H3. The minimum absolute atomic E-state index is 0.391. The van der Waals surface area contributed by atoms with Crippen molar-refractivity contribution in [3.63, 3.8) is 0 Å². The fourth-order valence-corrected chi connectivity index (χ4v) is 1.95. The van der Waals surface area contributed by atoms with Gasteiger partial charge < -0.3 is 9.84 Å². The molecule has 0 radical (unpaired) electrons. The number of phenols is 1. The minimum atomic E-state index is -0.652. The monoisotopic (exact) mass is 266 g/mol. The van der Waals surface area contributed by atoms with Crippen LogP contribution in [0.1, 0.15) is 6.92 Å². The van der Waals surface area contributed by atoms with Crippen LogP contribution >= 0.6 is 11.6 Å². The van der Waals surface area contributed by atoms with Gasteiger partial charge in [0, 0.05) is 5.56 Å². The molecule has 0 unspecified atom stereocenters. The van der Waals surface area contributed by atoms with E-state index in [0.29, 0.717) is 22.9 Å². The van der Waals surface area contributed by atoms with Gasteiger partial charge in [0.2, 0.25) is 0 Å². The highest BCUT2D eigenvalue weighted by Gasteiger charge is 2.08. The van der Waals surface area contributed by atoms with Gasteiger partial charge in [-0.15, -0.1) is 0 Å². The van der Waals surface area contributed by atoms with Gasteiger partial charge in [-0.25, -0.2) is 4.39 Å². The van der Waals surface area contributed by atoms with E-state index in [4.69, 9.17) is 16.3 Å². The molecule has 0 aliphatic carbocycles. The first-order valence-corrected chi connectivity index (χ1v) is 5.91. The first kappa shape index (κ1) is 12.7. The number of hydrogen-bond donors (Lipinski definition) is 1. The third-order valence-electron chi connectivity index (χ3n) is 2.51. The maximum absolute atomic E-state index is 13.0. The first-order valence-electron chi connectivity index (χ1n) is 5.53. The molecule has 4 heteroatoms. The number of aromatic hydroxyl groups is 1. The van der Waals surface area contributed by atoms with Gasteiger partial charge in [0.1, 0.15) is 5.75 Å². The molecule has 0 amide bonds. The Balaban J connectivity index is 2.41. The number of hydrogen-bond acceptors (Lipinski definition) is 2. The second-order valence-corrected chi connectivity index (χ2v) is 4.15. The van der Waals surface area contributed by atoms with E-state index in [0.717, 1.165) is 5.56 Å². The van der Waals surface area contributed by atoms with Crippen LogP contribution in [0.4, 0.5) is 4.39 Å². The Kier molecular flexibility index (Phi) is 3.72. The maximum Gasteiger partial charge on any atom is 0.164 e. The number of halogens is 2. The van der Waals surface area contributed by atoms with Crippen molar-refractivity contribution in [2.75, 3.05) is 6.61 Å². The Morgan fingerprint density at radius 2 is 2.00 bits per heavy atom. The minimum Gasteiger partial charge on any atom is -0.505 e. The quantitative estimate of drug-likeness (QED) is 0.900. The summed E-state index contributed by atoms with van der Waals surface area (Å²) in [4.78, 5) is 0. The van der Waals surface area contributed by atoms with E-state index in [2.05, 4.69) is 0 Å². The van der Waals surface area contributed by atoms with Crippen LogP contribution < -0.4 is 4.74 Å². The molecule has 0 saturated carbocycles. The second kappa shape index (κ2) is 5.27. The highest BCUT2D eigenvalue weighted by Crippen LogP contribution is 2.33. The number of benzene rings is 2. The Morgan fingerprint density at radius 3 is 2.61 bits per heavy atom. The number of ether oxygens (including phenoxy) is 1. The molecule has 0 aromatic heterocycles. The first-order chi connectivity index (χ1) is 8.61. The van der Waals surface area contributed by atoms with Gasteiger partial charge in [-0.3, -0.25) is 0 Å². The Labute approximate surface area is 110 Å². The molecular weight excluding hydrogens is 255 g/mol. The Morgan fingerprint density at radius 1 is 1.22 bits per heavy atom. The zero-order valence-electron chi connectivity index (χ0n) is 9.78. The van der Waals surface area contributed by atoms with Crippen LogP contribution in [0.15, 0.2) is 36.4 Å². The van der Waals surface area contributed by atoms with E-state index in [1.54, 1.807) is 24.3 Å². The zero-order valence-corrected chi connectivity index (χ0v) is 10.5. The summed E-state index contributed by atoms with van der Waals surface area (Å²) in [6.07, 6.45) is 0. The van der Waals surface area contributed by atoms with E-state index in [9.17, 15) is 9.50 Å². The Bertz CT molecular complexity index is 570. The van der Waals surface area contributed by atoms with Gasteiger partial charge in [0.25, 0.3) is 0 Å². The van der Waals surface area contributed by atoms with Crippen LogP contribution in [0, 0.1) is 5.82 Å². The van der Waals surface area contributed by atoms with Crippen molar-refractivity contribution in [1.29, 1.82) is 0 Å². The molecule has 1 N–H and O–H groups in total. The van der Waals surface area contributed by atoms with E-state index >= 15 is 0 Å². The summed E-state index contributed by atoms with van der Waals surface area (Å²) in [6.45, 7) is 2.45. The highest BCUT2D eigenvalue weighted by molar-refractivity contribution is 6.33. The van der Waals surface area contributed by atoms with Gasteiger partial charge in [-0.1, -0.05) is 17.7 Å². The van der Waals surface area contributed by atoms with Crippen molar-refractivity contribution < 1.29 is 14.2 Å². The number of rotatable bonds is 3. The molecule has 94 valence electrons. The van der Waals surface area contributed by atoms with E-state index in [1.807, 2.05) is 6.92 Å². The summed E-state index contributed by atoms with van der Waals surface area (Å²) in [7, 11) is 0. The highest BCUT2D eigenvalue weighted by atomic mass is 35.5. The Hall–Kier alpha value is -1.74. The molecule has 0 aliphatic heterocycles. The maximum atomic E-state index is 13.0. The molecule has 2 nitrogen and oxygen atoms in total. The van der Waals surface area contributed by atoms with Gasteiger partial charge in [0.15, 0.2) is 11.6 Å². The lowest BCUT2D eigenvalue weighted by Gasteiger charge is -2.08. The lowest BCUT2D eigenvalue weighted by Crippen LogP contribution is -1.91. The smallest absolute Gasteiger partial charge is 0.164 e. The largest absolute Gasteiger partial charge is 0.505 e. The third-order valence-corrected chi connectivity index (χ3v) is 2.82. The van der Waals surface area contributed by atoms with Crippen LogP contribution in [0.5, 0.6) is 11.5 Å². The summed E-state index contributed by atoms with van der Waals surface area (Å²) in [6, 6.07) is 9.37. The molecule has 2 aromatic carbocycles. The van der Waals surface area contributed by atoms with E-state index in [-0.39, 0.29) is 0 Å². The predicted octanol–water partition coefficient (Wildman–Crippen LogP) is 4.25. The van der Waals surface area contributed by atoms with Crippen LogP contribution in [-0.2, 0) is 0 Å². The summed E-state index contributed by atoms with van der Waals surface area (Å²) >= 11 is 6.14. The van der Waals surface area contributed by atoms with Crippen molar-refractivity contribution in [2.45, 2.75) is 6.92 Å². The number of phenolic OH excluding ortho intramolecular Hbond substituents is 1. The van der Waals surface area contributed by atoms with Gasteiger partial charge in [-0.05, 0) is 42.8 Å². The predicted molar refractivity (Wildman–Crippen MR) is 69.7 cm³/mol. The summed E-state index contributed by atoms with van der Waals surface area (Å²) < 4.78 is 18.3. The van der Waals surface area contributed by atoms with Crippen LogP contribution in [-0.4, -0.2) is 11.7 Å². The molecule has 0 fully saturated rings. The van der Waals surface area contributed by atoms with Crippen LogP contribution in [0.2, 0.25) is 5.02 Å². The second-order valence-electron chi connectivity index (χ2n) is 3.74. The van der Waals surface area contributed by atoms with Gasteiger partial charge in [0.05, 0.1) is 11.6 Å². The van der Waals surface area contributed by atoms with Crippen LogP contribution in [0.25, 0.3) is 11.1 Å². The molecule has 0 heterocycles. The third kappa shape index (κ3) is 2.57. The summed E-state index contributed by atoms with van der Waals surface area (Å²) in [5.74, 6) is -0.365. The van der Waals surface area contributed by atoms with Gasteiger partial charge >= 0.3 is 0 Å². The average Bonchev–Trinajstić information content (AvgIpc) is 2.34. The molecule has 18 heavy (non-hydrogen) atoms. The van der Waals surface area contributed by atoms with Crippen molar-refractivity contribution in [3.05, 3.63) is 47.2 Å². The molecular formula is C14H12ClFO2. The average molecular weight is 267 g/mol. The fourth-order valence-electron chi connectivity index (χ4n) is 1.67. The zero-order chi connectivity index (χ0) is 13.1. The SMILES string of the molecule is CCOc1ccc(-c2ccc(F)c(O)c2)c(Cl)c1. The molecule has 2 rings (SSSR count). The van der Waals surface area contributed by atoms with Crippen LogP contribution in [0.3, 0.4) is 0 Å². The molecule has 2 aromatic rings. The fraction of sp³-hybridized carbons (Fsp3) is 0.143. The van der Waals surface area contributed by atoms with Crippen molar-refractivity contribution in [1.82, 2.24) is 0 Å². The molecule has 0 spiro atoms. The van der Waals surface area contributed by atoms with E-state index in [1.165, 1.54) is 12.1 Å².